The lowest BCUT2D eigenvalue weighted by molar-refractivity contribution is -0.304. The van der Waals surface area contributed by atoms with Gasteiger partial charge in [0.2, 0.25) is 0 Å². The first-order valence-electron chi connectivity index (χ1n) is 17.3. The normalized spacial score (nSPS) is 58.8. The molecule has 2 saturated heterocycles. The van der Waals surface area contributed by atoms with E-state index in [1.165, 1.54) is 0 Å². The number of aliphatic hydroxyl groups is 6. The van der Waals surface area contributed by atoms with Crippen LogP contribution in [0.25, 0.3) is 0 Å². The highest BCUT2D eigenvalue weighted by molar-refractivity contribution is 5.91. The van der Waals surface area contributed by atoms with Gasteiger partial charge in [-0.05, 0) is 100 Å². The van der Waals surface area contributed by atoms with Crippen LogP contribution >= 0.6 is 0 Å². The fourth-order valence-corrected chi connectivity index (χ4v) is 13.1. The predicted octanol–water partition coefficient (Wildman–Crippen LogP) is 2.08. The number of ether oxygens (including phenoxy) is 3. The van der Waals surface area contributed by atoms with Crippen molar-refractivity contribution in [3.63, 3.8) is 0 Å². The fraction of sp³-hybridized carbons (Fsp3) is 0.971. The van der Waals surface area contributed by atoms with E-state index in [1.54, 1.807) is 13.8 Å². The summed E-state index contributed by atoms with van der Waals surface area (Å²) in [5.74, 6) is -0.595. The lowest BCUT2D eigenvalue weighted by Crippen LogP contribution is -2.65. The minimum absolute atomic E-state index is 0.0486. The topological polar surface area (TPSA) is 166 Å². The molecular weight excluding hydrogens is 580 g/mol. The number of carbonyl (C=O) groups excluding carboxylic acids is 1. The first kappa shape index (κ1) is 32.8. The van der Waals surface area contributed by atoms with Crippen LogP contribution in [0.15, 0.2) is 0 Å². The Balaban J connectivity index is 1.18. The summed E-state index contributed by atoms with van der Waals surface area (Å²) in [6.45, 7) is 13.8. The summed E-state index contributed by atoms with van der Waals surface area (Å²) in [5.41, 5.74) is -4.24. The molecule has 7 rings (SSSR count). The Hall–Kier alpha value is -0.690. The Kier molecular flexibility index (Phi) is 7.09. The van der Waals surface area contributed by atoms with Gasteiger partial charge < -0.3 is 44.8 Å². The molecular formula is C35H56O10. The molecule has 0 radical (unpaired) electrons. The summed E-state index contributed by atoms with van der Waals surface area (Å²) in [5, 5.41) is 65.8. The van der Waals surface area contributed by atoms with Gasteiger partial charge in [0.15, 0.2) is 12.1 Å². The number of hydrogen-bond acceptors (Lipinski definition) is 10. The first-order chi connectivity index (χ1) is 20.7. The van der Waals surface area contributed by atoms with Gasteiger partial charge in [0.1, 0.15) is 24.4 Å². The summed E-state index contributed by atoms with van der Waals surface area (Å²) in [4.78, 5) is 14.3. The summed E-state index contributed by atoms with van der Waals surface area (Å²) in [7, 11) is 0. The molecule has 2 spiro atoms. The molecule has 7 fully saturated rings. The highest BCUT2D eigenvalue weighted by atomic mass is 16.7. The lowest BCUT2D eigenvalue weighted by atomic mass is 9.40. The van der Waals surface area contributed by atoms with Gasteiger partial charge in [-0.15, -0.1) is 0 Å². The smallest absolute Gasteiger partial charge is 0.186 e. The summed E-state index contributed by atoms with van der Waals surface area (Å²) >= 11 is 0. The molecule has 0 aromatic carbocycles. The molecule has 0 aromatic rings. The molecule has 7 aliphatic rings. The average Bonchev–Trinajstić information content (AvgIpc) is 3.36. The molecule has 5 aliphatic carbocycles. The number of carbonyl (C=O) groups is 1. The van der Waals surface area contributed by atoms with E-state index in [0.717, 1.165) is 32.1 Å². The van der Waals surface area contributed by atoms with Crippen LogP contribution in [-0.2, 0) is 19.0 Å². The van der Waals surface area contributed by atoms with Crippen LogP contribution < -0.4 is 0 Å². The van der Waals surface area contributed by atoms with E-state index in [2.05, 4.69) is 20.8 Å². The standard InChI is InChI=1S/C35H56O10/c1-29(2)18-8-9-19-32(6)27(41)25(40)26(31(5)12-10-22(45-31)30(3,4)42)33(32,7)20(37)14-35(19)16-34(18,35)13-11-21(29)44-28-24(39)23(38)17(36)15-43-28/h17-24,26-28,36-39,41-42H,8-16H2,1-7H3. The van der Waals surface area contributed by atoms with E-state index < -0.39 is 70.9 Å². The van der Waals surface area contributed by atoms with Gasteiger partial charge in [0.25, 0.3) is 0 Å². The zero-order chi connectivity index (χ0) is 32.9. The van der Waals surface area contributed by atoms with Gasteiger partial charge >= 0.3 is 0 Å². The lowest BCUT2D eigenvalue weighted by Gasteiger charge is -2.65. The van der Waals surface area contributed by atoms with Crippen molar-refractivity contribution < 1.29 is 49.6 Å². The van der Waals surface area contributed by atoms with E-state index in [-0.39, 0.29) is 46.6 Å². The third-order valence-corrected chi connectivity index (χ3v) is 15.5. The van der Waals surface area contributed by atoms with Crippen LogP contribution in [0.1, 0.15) is 99.8 Å². The third kappa shape index (κ3) is 3.92. The second-order valence-corrected chi connectivity index (χ2v) is 18.0. The molecule has 256 valence electrons. The number of rotatable bonds is 4. The monoisotopic (exact) mass is 636 g/mol. The molecule has 0 bridgehead atoms. The van der Waals surface area contributed by atoms with E-state index in [4.69, 9.17) is 14.2 Å². The van der Waals surface area contributed by atoms with Gasteiger partial charge in [0.05, 0.1) is 42.0 Å². The Morgan fingerprint density at radius 2 is 1.51 bits per heavy atom. The maximum atomic E-state index is 14.3. The molecule has 2 aliphatic heterocycles. The molecule has 10 nitrogen and oxygen atoms in total. The molecule has 5 saturated carbocycles. The minimum Gasteiger partial charge on any atom is -0.392 e. The molecule has 10 heteroatoms. The quantitative estimate of drug-likeness (QED) is 0.252. The molecule has 6 N–H and O–H groups in total. The number of ketones is 1. The maximum Gasteiger partial charge on any atom is 0.186 e. The maximum absolute atomic E-state index is 14.3. The zero-order valence-electron chi connectivity index (χ0n) is 28.0. The minimum atomic E-state index is -1.34. The van der Waals surface area contributed by atoms with Crippen LogP contribution in [0, 0.1) is 44.8 Å². The van der Waals surface area contributed by atoms with Crippen molar-refractivity contribution in [3.05, 3.63) is 0 Å². The van der Waals surface area contributed by atoms with Crippen molar-refractivity contribution in [1.82, 2.24) is 0 Å². The Labute approximate surface area is 266 Å². The van der Waals surface area contributed by atoms with Gasteiger partial charge in [-0.3, -0.25) is 4.79 Å². The Morgan fingerprint density at radius 1 is 0.844 bits per heavy atom. The van der Waals surface area contributed by atoms with E-state index >= 15 is 0 Å². The van der Waals surface area contributed by atoms with Crippen LogP contribution in [-0.4, -0.2) is 103 Å². The Morgan fingerprint density at radius 3 is 2.16 bits per heavy atom. The second-order valence-electron chi connectivity index (χ2n) is 18.0. The second kappa shape index (κ2) is 9.72. The fourth-order valence-electron chi connectivity index (χ4n) is 13.1. The van der Waals surface area contributed by atoms with Crippen molar-refractivity contribution in [2.45, 2.75) is 160 Å². The van der Waals surface area contributed by atoms with E-state index in [9.17, 15) is 35.4 Å². The molecule has 16 unspecified atom stereocenters. The highest BCUT2D eigenvalue weighted by Gasteiger charge is 2.87. The zero-order valence-corrected chi connectivity index (χ0v) is 28.0. The molecule has 0 aromatic heterocycles. The summed E-state index contributed by atoms with van der Waals surface area (Å²) in [6, 6.07) is 0. The van der Waals surface area contributed by atoms with Crippen LogP contribution in [0.3, 0.4) is 0 Å². The van der Waals surface area contributed by atoms with Gasteiger partial charge in [-0.2, -0.15) is 0 Å². The van der Waals surface area contributed by atoms with Gasteiger partial charge in [-0.1, -0.05) is 27.7 Å². The molecule has 45 heavy (non-hydrogen) atoms. The van der Waals surface area contributed by atoms with Crippen molar-refractivity contribution in [3.8, 4) is 0 Å². The molecule has 16 atom stereocenters. The number of hydrogen-bond donors (Lipinski definition) is 6. The highest BCUT2D eigenvalue weighted by Crippen LogP contribution is 2.89. The van der Waals surface area contributed by atoms with E-state index in [1.807, 2.05) is 13.8 Å². The SMILES string of the molecule is CC(C)(O)C1CCC(C)(C2C(=O)C(O)C3(C)C4CCC5C(C)(C)C(OC6OCC(O)C(O)C6O)CCC56CC46CC(O)C23C)O1. The number of aliphatic hydroxyl groups excluding tert-OH is 5. The van der Waals surface area contributed by atoms with E-state index in [0.29, 0.717) is 19.3 Å². The third-order valence-electron chi connectivity index (χ3n) is 15.5. The van der Waals surface area contributed by atoms with Crippen LogP contribution in [0.5, 0.6) is 0 Å². The van der Waals surface area contributed by atoms with Gasteiger partial charge in [0, 0.05) is 10.8 Å². The first-order valence-corrected chi connectivity index (χ1v) is 17.3. The predicted molar refractivity (Wildman–Crippen MR) is 161 cm³/mol. The van der Waals surface area contributed by atoms with Crippen molar-refractivity contribution in [2.75, 3.05) is 6.61 Å². The van der Waals surface area contributed by atoms with Crippen LogP contribution in [0.2, 0.25) is 0 Å². The largest absolute Gasteiger partial charge is 0.392 e. The van der Waals surface area contributed by atoms with Crippen LogP contribution in [0.4, 0.5) is 0 Å². The van der Waals surface area contributed by atoms with Crippen molar-refractivity contribution in [1.29, 1.82) is 0 Å². The molecule has 2 heterocycles. The number of fused-ring (bicyclic) bond motifs is 2. The van der Waals surface area contributed by atoms with Crippen molar-refractivity contribution in [2.24, 2.45) is 44.8 Å². The summed E-state index contributed by atoms with van der Waals surface area (Å²) in [6.07, 6.45) is -1.47. The van der Waals surface area contributed by atoms with Gasteiger partial charge in [-0.25, -0.2) is 0 Å². The average molecular weight is 637 g/mol. The Bertz CT molecular complexity index is 1230. The molecule has 0 amide bonds. The summed E-state index contributed by atoms with van der Waals surface area (Å²) < 4.78 is 18.5. The van der Waals surface area contributed by atoms with Crippen molar-refractivity contribution >= 4 is 5.78 Å². The number of Topliss-reactive ketones (excluding diaryl/α,β-unsaturated/α-hetero) is 1.